The summed E-state index contributed by atoms with van der Waals surface area (Å²) in [4.78, 5) is 12.0. The molecule has 2 N–H and O–H groups in total. The lowest BCUT2D eigenvalue weighted by Crippen LogP contribution is -2.19. The number of anilines is 1. The molecule has 0 unspecified atom stereocenters. The van der Waals surface area contributed by atoms with Crippen LogP contribution < -0.4 is 10.6 Å². The van der Waals surface area contributed by atoms with E-state index in [1.54, 1.807) is 18.3 Å². The van der Waals surface area contributed by atoms with Crippen molar-refractivity contribution < 1.29 is 4.79 Å². The van der Waals surface area contributed by atoms with Gasteiger partial charge >= 0.3 is 0 Å². The Morgan fingerprint density at radius 2 is 2.24 bits per heavy atom. The van der Waals surface area contributed by atoms with Crippen molar-refractivity contribution >= 4 is 23.2 Å². The van der Waals surface area contributed by atoms with E-state index in [9.17, 15) is 4.79 Å². The molecule has 0 fully saturated rings. The Bertz CT molecular complexity index is 626. The van der Waals surface area contributed by atoms with Crippen molar-refractivity contribution in [3.8, 4) is 0 Å². The van der Waals surface area contributed by atoms with E-state index >= 15 is 0 Å². The van der Waals surface area contributed by atoms with Crippen LogP contribution in [0.5, 0.6) is 0 Å². The lowest BCUT2D eigenvalue weighted by Gasteiger charge is -2.07. The summed E-state index contributed by atoms with van der Waals surface area (Å²) < 4.78 is 1.50. The van der Waals surface area contributed by atoms with Gasteiger partial charge in [0.15, 0.2) is 0 Å². The summed E-state index contributed by atoms with van der Waals surface area (Å²) in [5, 5.41) is 14.3. The lowest BCUT2D eigenvalue weighted by atomic mass is 10.2. The van der Waals surface area contributed by atoms with Crippen molar-refractivity contribution in [3.05, 3.63) is 40.7 Å². The highest BCUT2D eigenvalue weighted by molar-refractivity contribution is 6.33. The van der Waals surface area contributed by atoms with E-state index in [0.29, 0.717) is 17.3 Å². The molecule has 0 radical (unpaired) electrons. The van der Waals surface area contributed by atoms with Crippen LogP contribution in [0.3, 0.4) is 0 Å². The third kappa shape index (κ3) is 4.54. The summed E-state index contributed by atoms with van der Waals surface area (Å²) in [5.41, 5.74) is 2.45. The summed E-state index contributed by atoms with van der Waals surface area (Å²) in [5.74, 6) is -0.194. The first kappa shape index (κ1) is 15.5. The zero-order valence-corrected chi connectivity index (χ0v) is 12.8. The van der Waals surface area contributed by atoms with E-state index in [-0.39, 0.29) is 12.5 Å². The molecular weight excluding hydrogens is 290 g/mol. The van der Waals surface area contributed by atoms with Gasteiger partial charge in [0.1, 0.15) is 6.54 Å². The maximum Gasteiger partial charge on any atom is 0.246 e. The first-order chi connectivity index (χ1) is 10.1. The lowest BCUT2D eigenvalue weighted by molar-refractivity contribution is -0.116. The zero-order chi connectivity index (χ0) is 15.2. The highest BCUT2D eigenvalue weighted by Crippen LogP contribution is 2.22. The Morgan fingerprint density at radius 3 is 2.95 bits per heavy atom. The second kappa shape index (κ2) is 7.19. The number of benzene rings is 1. The predicted molar refractivity (Wildman–Crippen MR) is 82.2 cm³/mol. The van der Waals surface area contributed by atoms with Crippen LogP contribution in [-0.4, -0.2) is 27.4 Å². The standard InChI is InChI=1S/C14H18ClN5O/c1-3-16-7-11-8-20(19-18-11)9-14(21)17-13-5-4-10(2)6-12(13)15/h4-6,8,16H,3,7,9H2,1-2H3,(H,17,21). The Kier molecular flexibility index (Phi) is 5.30. The second-order valence-corrected chi connectivity index (χ2v) is 5.13. The summed E-state index contributed by atoms with van der Waals surface area (Å²) in [7, 11) is 0. The minimum Gasteiger partial charge on any atom is -0.323 e. The third-order valence-corrected chi connectivity index (χ3v) is 3.16. The fourth-order valence-electron chi connectivity index (χ4n) is 1.81. The number of aryl methyl sites for hydroxylation is 1. The number of aromatic nitrogens is 3. The molecule has 0 bridgehead atoms. The molecule has 0 aliphatic rings. The van der Waals surface area contributed by atoms with Crippen LogP contribution in [0.25, 0.3) is 0 Å². The van der Waals surface area contributed by atoms with Crippen LogP contribution in [0.15, 0.2) is 24.4 Å². The smallest absolute Gasteiger partial charge is 0.246 e. The normalized spacial score (nSPS) is 10.6. The molecule has 1 amide bonds. The predicted octanol–water partition coefficient (Wildman–Crippen LogP) is 1.99. The monoisotopic (exact) mass is 307 g/mol. The minimum absolute atomic E-state index is 0.101. The van der Waals surface area contributed by atoms with Crippen LogP contribution in [0.4, 0.5) is 5.69 Å². The molecule has 7 heteroatoms. The van der Waals surface area contributed by atoms with Gasteiger partial charge in [0.2, 0.25) is 5.91 Å². The molecule has 2 aromatic rings. The topological polar surface area (TPSA) is 71.8 Å². The Balaban J connectivity index is 1.93. The first-order valence-corrected chi connectivity index (χ1v) is 7.12. The zero-order valence-electron chi connectivity index (χ0n) is 12.1. The summed E-state index contributed by atoms with van der Waals surface area (Å²) in [6, 6.07) is 5.49. The molecule has 0 spiro atoms. The van der Waals surface area contributed by atoms with Crippen LogP contribution in [0.2, 0.25) is 5.02 Å². The summed E-state index contributed by atoms with van der Waals surface area (Å²) in [6.07, 6.45) is 1.75. The quantitative estimate of drug-likeness (QED) is 0.856. The number of halogens is 1. The molecule has 1 heterocycles. The molecule has 0 saturated carbocycles. The van der Waals surface area contributed by atoms with E-state index < -0.39 is 0 Å². The number of nitrogens with one attached hydrogen (secondary N) is 2. The highest BCUT2D eigenvalue weighted by atomic mass is 35.5. The van der Waals surface area contributed by atoms with Gasteiger partial charge in [-0.25, -0.2) is 4.68 Å². The highest BCUT2D eigenvalue weighted by Gasteiger charge is 2.08. The minimum atomic E-state index is -0.194. The van der Waals surface area contributed by atoms with Crippen molar-refractivity contribution in [2.75, 3.05) is 11.9 Å². The number of hydrogen-bond donors (Lipinski definition) is 2. The Hall–Kier alpha value is -1.92. The average molecular weight is 308 g/mol. The van der Waals surface area contributed by atoms with Crippen LogP contribution in [0, 0.1) is 6.92 Å². The van der Waals surface area contributed by atoms with E-state index in [1.807, 2.05) is 19.9 Å². The van der Waals surface area contributed by atoms with Gasteiger partial charge in [0.25, 0.3) is 0 Å². The van der Waals surface area contributed by atoms with Gasteiger partial charge in [-0.05, 0) is 31.2 Å². The van der Waals surface area contributed by atoms with E-state index in [2.05, 4.69) is 20.9 Å². The van der Waals surface area contributed by atoms with Crippen molar-refractivity contribution in [2.24, 2.45) is 0 Å². The van der Waals surface area contributed by atoms with Gasteiger partial charge in [0, 0.05) is 6.54 Å². The summed E-state index contributed by atoms with van der Waals surface area (Å²) >= 11 is 6.08. The van der Waals surface area contributed by atoms with E-state index in [0.717, 1.165) is 17.8 Å². The molecule has 21 heavy (non-hydrogen) atoms. The molecule has 6 nitrogen and oxygen atoms in total. The molecule has 0 atom stereocenters. The Labute approximate surface area is 128 Å². The molecule has 2 rings (SSSR count). The first-order valence-electron chi connectivity index (χ1n) is 6.74. The van der Waals surface area contributed by atoms with Crippen LogP contribution >= 0.6 is 11.6 Å². The fourth-order valence-corrected chi connectivity index (χ4v) is 2.09. The molecule has 0 aliphatic heterocycles. The van der Waals surface area contributed by atoms with Gasteiger partial charge in [-0.1, -0.05) is 29.8 Å². The number of hydrogen-bond acceptors (Lipinski definition) is 4. The van der Waals surface area contributed by atoms with Crippen LogP contribution in [-0.2, 0) is 17.9 Å². The molecule has 1 aromatic carbocycles. The number of carbonyl (C=O) groups is 1. The average Bonchev–Trinajstić information content (AvgIpc) is 2.87. The third-order valence-electron chi connectivity index (χ3n) is 2.85. The molecule has 0 aliphatic carbocycles. The van der Waals surface area contributed by atoms with E-state index in [1.165, 1.54) is 4.68 Å². The van der Waals surface area contributed by atoms with Gasteiger partial charge in [-0.15, -0.1) is 5.10 Å². The Morgan fingerprint density at radius 1 is 1.43 bits per heavy atom. The number of amides is 1. The van der Waals surface area contributed by atoms with Gasteiger partial charge in [0.05, 0.1) is 22.6 Å². The van der Waals surface area contributed by atoms with Crippen molar-refractivity contribution in [1.82, 2.24) is 20.3 Å². The van der Waals surface area contributed by atoms with E-state index in [4.69, 9.17) is 11.6 Å². The maximum absolute atomic E-state index is 12.0. The maximum atomic E-state index is 12.0. The second-order valence-electron chi connectivity index (χ2n) is 4.72. The molecule has 112 valence electrons. The number of rotatable bonds is 6. The summed E-state index contributed by atoms with van der Waals surface area (Å²) in [6.45, 7) is 5.56. The SMILES string of the molecule is CCNCc1cn(CC(=O)Nc2ccc(C)cc2Cl)nn1. The van der Waals surface area contributed by atoms with Gasteiger partial charge in [-0.3, -0.25) is 4.79 Å². The van der Waals surface area contributed by atoms with Crippen molar-refractivity contribution in [2.45, 2.75) is 26.9 Å². The number of nitrogens with zero attached hydrogens (tertiary/aromatic N) is 3. The molecule has 1 aromatic heterocycles. The molecule has 0 saturated heterocycles. The largest absolute Gasteiger partial charge is 0.323 e. The van der Waals surface area contributed by atoms with Crippen LogP contribution in [0.1, 0.15) is 18.2 Å². The molecular formula is C14H18ClN5O. The fraction of sp³-hybridized carbons (Fsp3) is 0.357. The van der Waals surface area contributed by atoms with Crippen molar-refractivity contribution in [3.63, 3.8) is 0 Å². The van der Waals surface area contributed by atoms with Crippen molar-refractivity contribution in [1.29, 1.82) is 0 Å². The number of carbonyl (C=O) groups excluding carboxylic acids is 1. The van der Waals surface area contributed by atoms with Gasteiger partial charge in [-0.2, -0.15) is 0 Å². The van der Waals surface area contributed by atoms with Gasteiger partial charge < -0.3 is 10.6 Å².